The van der Waals surface area contributed by atoms with E-state index in [-0.39, 0.29) is 24.5 Å². The van der Waals surface area contributed by atoms with Crippen molar-refractivity contribution in [3.05, 3.63) is 82.1 Å². The molecule has 4 aromatic rings. The van der Waals surface area contributed by atoms with Crippen molar-refractivity contribution in [2.45, 2.75) is 12.6 Å². The van der Waals surface area contributed by atoms with Crippen molar-refractivity contribution in [2.24, 2.45) is 0 Å². The molecule has 0 fully saturated rings. The zero-order valence-corrected chi connectivity index (χ0v) is 18.7. The Morgan fingerprint density at radius 2 is 1.65 bits per heavy atom. The molecular weight excluding hydrogens is 434 g/mol. The first-order valence-electron chi connectivity index (χ1n) is 11.0. The molecule has 1 aromatic heterocycles. The first-order chi connectivity index (χ1) is 16.6. The highest BCUT2D eigenvalue weighted by molar-refractivity contribution is 6.27. The summed E-state index contributed by atoms with van der Waals surface area (Å²) >= 11 is 0. The summed E-state index contributed by atoms with van der Waals surface area (Å²) in [4.78, 5) is 27.5. The van der Waals surface area contributed by atoms with E-state index in [4.69, 9.17) is 18.9 Å². The standard InChI is InChI=1S/C27H21NO6/c1-31-21-12-11-18-22-24(16-7-3-4-8-17(16)25(22)29)28(27(30)23(18)26(21)32-2)13-15-14-33-19-9-5-6-10-20(19)34-15/h3-12,15H,13-14H2,1-2H3/t15-/m1/s1. The van der Waals surface area contributed by atoms with Crippen molar-refractivity contribution in [1.82, 2.24) is 4.57 Å². The van der Waals surface area contributed by atoms with Crippen molar-refractivity contribution in [3.8, 4) is 34.3 Å². The van der Waals surface area contributed by atoms with Crippen LogP contribution in [0.2, 0.25) is 0 Å². The van der Waals surface area contributed by atoms with Crippen molar-refractivity contribution in [3.63, 3.8) is 0 Å². The van der Waals surface area contributed by atoms with Crippen LogP contribution in [-0.2, 0) is 6.54 Å². The van der Waals surface area contributed by atoms with Gasteiger partial charge in [-0.05, 0) is 24.3 Å². The molecule has 7 nitrogen and oxygen atoms in total. The van der Waals surface area contributed by atoms with E-state index >= 15 is 0 Å². The number of ketones is 1. The zero-order chi connectivity index (χ0) is 23.4. The van der Waals surface area contributed by atoms with Gasteiger partial charge in [-0.3, -0.25) is 9.59 Å². The summed E-state index contributed by atoms with van der Waals surface area (Å²) in [5.74, 6) is 1.90. The van der Waals surface area contributed by atoms with E-state index in [1.165, 1.54) is 14.2 Å². The van der Waals surface area contributed by atoms with Crippen LogP contribution in [-0.4, -0.2) is 37.3 Å². The summed E-state index contributed by atoms with van der Waals surface area (Å²) in [5.41, 5.74) is 2.09. The number of pyridine rings is 1. The number of ether oxygens (including phenoxy) is 4. The van der Waals surface area contributed by atoms with Gasteiger partial charge in [-0.25, -0.2) is 0 Å². The minimum Gasteiger partial charge on any atom is -0.493 e. The molecule has 1 aliphatic carbocycles. The van der Waals surface area contributed by atoms with Gasteiger partial charge in [-0.15, -0.1) is 0 Å². The molecule has 7 heteroatoms. The molecule has 0 saturated heterocycles. The molecule has 2 heterocycles. The highest BCUT2D eigenvalue weighted by Crippen LogP contribution is 2.43. The average Bonchev–Trinajstić information content (AvgIpc) is 3.18. The average molecular weight is 455 g/mol. The van der Waals surface area contributed by atoms with Crippen LogP contribution in [0.5, 0.6) is 23.0 Å². The van der Waals surface area contributed by atoms with Gasteiger partial charge in [0.1, 0.15) is 6.61 Å². The van der Waals surface area contributed by atoms with Crippen LogP contribution in [0.3, 0.4) is 0 Å². The molecule has 0 radical (unpaired) electrons. The van der Waals surface area contributed by atoms with Gasteiger partial charge in [0, 0.05) is 16.5 Å². The third kappa shape index (κ3) is 2.83. The quantitative estimate of drug-likeness (QED) is 0.407. The molecule has 0 spiro atoms. The second kappa shape index (κ2) is 7.66. The second-order valence-corrected chi connectivity index (χ2v) is 8.24. The third-order valence-corrected chi connectivity index (χ3v) is 6.39. The second-order valence-electron chi connectivity index (χ2n) is 8.24. The monoisotopic (exact) mass is 455 g/mol. The predicted octanol–water partition coefficient (Wildman–Crippen LogP) is 4.07. The van der Waals surface area contributed by atoms with Crippen LogP contribution in [0.1, 0.15) is 15.9 Å². The lowest BCUT2D eigenvalue weighted by atomic mass is 10.0. The van der Waals surface area contributed by atoms with Gasteiger partial charge in [0.2, 0.25) is 0 Å². The highest BCUT2D eigenvalue weighted by Gasteiger charge is 2.35. The van der Waals surface area contributed by atoms with Crippen molar-refractivity contribution < 1.29 is 23.7 Å². The lowest BCUT2D eigenvalue weighted by Gasteiger charge is -2.28. The van der Waals surface area contributed by atoms with Crippen molar-refractivity contribution >= 4 is 16.6 Å². The third-order valence-electron chi connectivity index (χ3n) is 6.39. The van der Waals surface area contributed by atoms with Crippen LogP contribution in [0, 0.1) is 0 Å². The number of para-hydroxylation sites is 2. The van der Waals surface area contributed by atoms with Gasteiger partial charge in [-0.1, -0.05) is 36.4 Å². The van der Waals surface area contributed by atoms with E-state index in [1.54, 1.807) is 22.8 Å². The fourth-order valence-corrected chi connectivity index (χ4v) is 4.91. The summed E-state index contributed by atoms with van der Waals surface area (Å²) < 4.78 is 24.7. The molecule has 170 valence electrons. The number of carbonyl (C=O) groups excluding carboxylic acids is 1. The van der Waals surface area contributed by atoms with Crippen LogP contribution >= 0.6 is 0 Å². The van der Waals surface area contributed by atoms with E-state index < -0.39 is 6.10 Å². The van der Waals surface area contributed by atoms with E-state index in [1.807, 2.05) is 42.5 Å². The molecule has 0 N–H and O–H groups in total. The molecule has 1 atom stereocenters. The Morgan fingerprint density at radius 1 is 0.912 bits per heavy atom. The molecule has 0 bridgehead atoms. The number of hydrogen-bond acceptors (Lipinski definition) is 6. The minimum absolute atomic E-state index is 0.122. The number of fused-ring (bicyclic) bond motifs is 6. The summed E-state index contributed by atoms with van der Waals surface area (Å²) in [6, 6.07) is 18.3. The van der Waals surface area contributed by atoms with Gasteiger partial charge in [0.05, 0.1) is 37.4 Å². The Balaban J connectivity index is 1.60. The Labute approximate surface area is 195 Å². The maximum Gasteiger partial charge on any atom is 0.262 e. The zero-order valence-electron chi connectivity index (χ0n) is 18.7. The summed E-state index contributed by atoms with van der Waals surface area (Å²) in [6.45, 7) is 0.481. The molecule has 0 saturated carbocycles. The highest BCUT2D eigenvalue weighted by atomic mass is 16.6. The maximum atomic E-state index is 14.0. The van der Waals surface area contributed by atoms with Crippen molar-refractivity contribution in [1.29, 1.82) is 0 Å². The van der Waals surface area contributed by atoms with Crippen LogP contribution in [0.15, 0.2) is 65.5 Å². The van der Waals surface area contributed by atoms with Crippen LogP contribution in [0.4, 0.5) is 0 Å². The minimum atomic E-state index is -0.423. The van der Waals surface area contributed by atoms with Gasteiger partial charge in [0.25, 0.3) is 5.56 Å². The lowest BCUT2D eigenvalue weighted by Crippen LogP contribution is -2.37. The van der Waals surface area contributed by atoms with Crippen LogP contribution < -0.4 is 24.5 Å². The fraction of sp³-hybridized carbons (Fsp3) is 0.185. The Bertz CT molecular complexity index is 1540. The number of aromatic nitrogens is 1. The van der Waals surface area contributed by atoms with Crippen LogP contribution in [0.25, 0.3) is 22.0 Å². The lowest BCUT2D eigenvalue weighted by molar-refractivity contribution is 0.0782. The summed E-state index contributed by atoms with van der Waals surface area (Å²) in [5, 5.41) is 0.847. The number of rotatable bonds is 4. The first kappa shape index (κ1) is 20.4. The molecule has 2 aliphatic rings. The van der Waals surface area contributed by atoms with E-state index in [0.29, 0.717) is 50.6 Å². The topological polar surface area (TPSA) is 76.0 Å². The Hall–Kier alpha value is -4.26. The molecular formula is C27H21NO6. The number of hydrogen-bond donors (Lipinski definition) is 0. The normalized spacial score (nSPS) is 15.7. The van der Waals surface area contributed by atoms with E-state index in [2.05, 4.69) is 0 Å². The number of benzene rings is 3. The molecule has 0 amide bonds. The summed E-state index contributed by atoms with van der Waals surface area (Å²) in [7, 11) is 3.00. The van der Waals surface area contributed by atoms with Gasteiger partial charge in [0.15, 0.2) is 34.9 Å². The van der Waals surface area contributed by atoms with Gasteiger partial charge >= 0.3 is 0 Å². The van der Waals surface area contributed by atoms with Gasteiger partial charge in [-0.2, -0.15) is 0 Å². The largest absolute Gasteiger partial charge is 0.493 e. The fourth-order valence-electron chi connectivity index (χ4n) is 4.91. The smallest absolute Gasteiger partial charge is 0.262 e. The molecule has 6 rings (SSSR count). The molecule has 0 unspecified atom stereocenters. The Kier molecular flexibility index (Phi) is 4.58. The summed E-state index contributed by atoms with van der Waals surface area (Å²) in [6.07, 6.45) is -0.423. The number of carbonyl (C=O) groups is 1. The molecule has 3 aromatic carbocycles. The van der Waals surface area contributed by atoms with E-state index in [0.717, 1.165) is 5.56 Å². The SMILES string of the molecule is COc1ccc2c3c(n(C[C@@H]4COc5ccccc5O4)c(=O)c2c1OC)-c1ccccc1C3=O. The molecule has 34 heavy (non-hydrogen) atoms. The Morgan fingerprint density at radius 3 is 2.41 bits per heavy atom. The number of nitrogens with zero attached hydrogens (tertiary/aromatic N) is 1. The maximum absolute atomic E-state index is 14.0. The predicted molar refractivity (Wildman–Crippen MR) is 127 cm³/mol. The van der Waals surface area contributed by atoms with Gasteiger partial charge < -0.3 is 23.5 Å². The molecule has 1 aliphatic heterocycles. The number of methoxy groups -OCH3 is 2. The van der Waals surface area contributed by atoms with Crippen molar-refractivity contribution in [2.75, 3.05) is 20.8 Å². The van der Waals surface area contributed by atoms with E-state index in [9.17, 15) is 9.59 Å². The first-order valence-corrected chi connectivity index (χ1v) is 11.0.